The van der Waals surface area contributed by atoms with Crippen molar-refractivity contribution in [1.29, 1.82) is 0 Å². The van der Waals surface area contributed by atoms with E-state index < -0.39 is 7.37 Å². The molecule has 3 atom stereocenters. The molecule has 1 N–H and O–H groups in total. The second kappa shape index (κ2) is 8.83. The van der Waals surface area contributed by atoms with Gasteiger partial charge in [0, 0.05) is 13.8 Å². The topological polar surface area (TPSA) is 65.0 Å². The number of hydrogen-bond acceptors (Lipinski definition) is 4. The first-order valence-corrected chi connectivity index (χ1v) is 8.17. The van der Waals surface area contributed by atoms with E-state index in [2.05, 4.69) is 0 Å². The van der Waals surface area contributed by atoms with Gasteiger partial charge in [0.2, 0.25) is 7.37 Å². The van der Waals surface area contributed by atoms with Gasteiger partial charge in [0.15, 0.2) is 0 Å². The molecule has 0 aliphatic rings. The van der Waals surface area contributed by atoms with Crippen molar-refractivity contribution in [2.75, 3.05) is 27.0 Å². The predicted octanol–water partition coefficient (Wildman–Crippen LogP) is 2.25. The lowest BCUT2D eigenvalue weighted by Crippen LogP contribution is -2.27. The van der Waals surface area contributed by atoms with Gasteiger partial charge in [0.05, 0.1) is 31.5 Å². The van der Waals surface area contributed by atoms with E-state index in [1.165, 1.54) is 12.5 Å². The van der Waals surface area contributed by atoms with Gasteiger partial charge in [-0.15, -0.1) is 0 Å². The van der Waals surface area contributed by atoms with E-state index in [0.717, 1.165) is 0 Å². The van der Waals surface area contributed by atoms with Crippen LogP contribution in [0.15, 0.2) is 11.9 Å². The number of rotatable bonds is 9. The summed E-state index contributed by atoms with van der Waals surface area (Å²) in [7, 11) is -1.57. The summed E-state index contributed by atoms with van der Waals surface area (Å²) in [5, 5.41) is 0. The van der Waals surface area contributed by atoms with Crippen LogP contribution in [0.2, 0.25) is 0 Å². The van der Waals surface area contributed by atoms with Crippen LogP contribution in [-0.2, 0) is 18.8 Å². The second-order valence-electron chi connectivity index (χ2n) is 4.61. The molecule has 0 rings (SSSR count). The van der Waals surface area contributed by atoms with Gasteiger partial charge in [0.25, 0.3) is 0 Å². The second-order valence-corrected chi connectivity index (χ2v) is 6.79. The van der Waals surface area contributed by atoms with Crippen LogP contribution in [0.4, 0.5) is 0 Å². The maximum atomic E-state index is 11.2. The van der Waals surface area contributed by atoms with Gasteiger partial charge in [0.1, 0.15) is 0 Å². The van der Waals surface area contributed by atoms with Crippen molar-refractivity contribution < 1.29 is 23.7 Å². The van der Waals surface area contributed by atoms with Crippen LogP contribution in [0, 0.1) is 0 Å². The Balaban J connectivity index is 4.42. The average Bonchev–Trinajstić information content (AvgIpc) is 2.21. The maximum Gasteiger partial charge on any atom is 0.219 e. The largest absolute Gasteiger partial charge is 0.382 e. The fraction of sp³-hybridized carbons (Fsp3) is 0.833. The molecule has 0 bridgehead atoms. The minimum Gasteiger partial charge on any atom is -0.382 e. The Morgan fingerprint density at radius 3 is 2.33 bits per heavy atom. The van der Waals surface area contributed by atoms with Crippen molar-refractivity contribution in [3.8, 4) is 0 Å². The quantitative estimate of drug-likeness (QED) is 0.656. The third-order valence-corrected chi connectivity index (χ3v) is 2.70. The van der Waals surface area contributed by atoms with Gasteiger partial charge in [-0.3, -0.25) is 4.57 Å². The summed E-state index contributed by atoms with van der Waals surface area (Å²) in [6.07, 6.45) is 1.22. The summed E-state index contributed by atoms with van der Waals surface area (Å²) in [5.41, 5.74) is 0. The van der Waals surface area contributed by atoms with Crippen LogP contribution < -0.4 is 0 Å². The van der Waals surface area contributed by atoms with Crippen molar-refractivity contribution >= 4 is 7.37 Å². The highest BCUT2D eigenvalue weighted by atomic mass is 31.2. The lowest BCUT2D eigenvalue weighted by Gasteiger charge is -2.20. The Morgan fingerprint density at radius 2 is 1.89 bits per heavy atom. The van der Waals surface area contributed by atoms with Gasteiger partial charge < -0.3 is 19.1 Å². The SMILES string of the molecule is COC[C@H](C)O[C@H](/C=C/P(C)(=O)O)COC(C)C. The van der Waals surface area contributed by atoms with Crippen LogP contribution >= 0.6 is 7.37 Å². The Morgan fingerprint density at radius 1 is 1.28 bits per heavy atom. The minimum atomic E-state index is -3.17. The molecule has 0 aromatic heterocycles. The maximum absolute atomic E-state index is 11.2. The number of hydrogen-bond donors (Lipinski definition) is 1. The van der Waals surface area contributed by atoms with Crippen LogP contribution in [0.25, 0.3) is 0 Å². The first kappa shape index (κ1) is 17.8. The van der Waals surface area contributed by atoms with E-state index in [1.807, 2.05) is 20.8 Å². The van der Waals surface area contributed by atoms with Crippen LogP contribution in [0.5, 0.6) is 0 Å². The normalized spacial score (nSPS) is 19.1. The molecule has 0 aromatic rings. The molecule has 6 heteroatoms. The van der Waals surface area contributed by atoms with Crippen LogP contribution in [-0.4, -0.2) is 50.2 Å². The molecular formula is C12H25O5P. The van der Waals surface area contributed by atoms with Crippen LogP contribution in [0.1, 0.15) is 20.8 Å². The average molecular weight is 280 g/mol. The Labute approximate surface area is 110 Å². The van der Waals surface area contributed by atoms with Crippen molar-refractivity contribution in [1.82, 2.24) is 0 Å². The molecule has 0 spiro atoms. The van der Waals surface area contributed by atoms with E-state index in [1.54, 1.807) is 13.2 Å². The van der Waals surface area contributed by atoms with E-state index in [0.29, 0.717) is 13.2 Å². The van der Waals surface area contributed by atoms with Gasteiger partial charge in [-0.05, 0) is 32.7 Å². The van der Waals surface area contributed by atoms with Crippen molar-refractivity contribution in [3.63, 3.8) is 0 Å². The molecule has 108 valence electrons. The highest BCUT2D eigenvalue weighted by molar-refractivity contribution is 7.60. The van der Waals surface area contributed by atoms with E-state index in [4.69, 9.17) is 14.2 Å². The van der Waals surface area contributed by atoms with Gasteiger partial charge in [-0.1, -0.05) is 0 Å². The fourth-order valence-corrected chi connectivity index (χ4v) is 1.77. The molecule has 0 saturated carbocycles. The zero-order valence-electron chi connectivity index (χ0n) is 11.8. The highest BCUT2D eigenvalue weighted by Gasteiger charge is 2.13. The highest BCUT2D eigenvalue weighted by Crippen LogP contribution is 2.36. The molecule has 0 aromatic carbocycles. The lowest BCUT2D eigenvalue weighted by molar-refractivity contribution is -0.0623. The molecule has 0 heterocycles. The van der Waals surface area contributed by atoms with Crippen molar-refractivity contribution in [2.24, 2.45) is 0 Å². The predicted molar refractivity (Wildman–Crippen MR) is 72.2 cm³/mol. The van der Waals surface area contributed by atoms with Gasteiger partial charge in [-0.2, -0.15) is 0 Å². The van der Waals surface area contributed by atoms with Crippen molar-refractivity contribution in [3.05, 3.63) is 11.9 Å². The number of ether oxygens (including phenoxy) is 3. The fourth-order valence-electron chi connectivity index (χ4n) is 1.26. The minimum absolute atomic E-state index is 0.0878. The molecule has 5 nitrogen and oxygen atoms in total. The summed E-state index contributed by atoms with van der Waals surface area (Å²) in [4.78, 5) is 9.23. The zero-order valence-corrected chi connectivity index (χ0v) is 12.7. The van der Waals surface area contributed by atoms with E-state index in [9.17, 15) is 9.46 Å². The summed E-state index contributed by atoms with van der Waals surface area (Å²) in [6.45, 7) is 7.83. The summed E-state index contributed by atoms with van der Waals surface area (Å²) in [5.74, 6) is 1.28. The number of methoxy groups -OCH3 is 1. The smallest absolute Gasteiger partial charge is 0.219 e. The monoisotopic (exact) mass is 280 g/mol. The Bertz CT molecular complexity index is 284. The first-order chi connectivity index (χ1) is 8.24. The summed E-state index contributed by atoms with van der Waals surface area (Å²) in [6, 6.07) is 0. The summed E-state index contributed by atoms with van der Waals surface area (Å²) >= 11 is 0. The van der Waals surface area contributed by atoms with Crippen molar-refractivity contribution in [2.45, 2.75) is 39.1 Å². The Kier molecular flexibility index (Phi) is 8.74. The molecular weight excluding hydrogens is 255 g/mol. The Hall–Kier alpha value is -0.190. The molecule has 18 heavy (non-hydrogen) atoms. The molecule has 0 saturated heterocycles. The lowest BCUT2D eigenvalue weighted by atomic mass is 10.3. The van der Waals surface area contributed by atoms with E-state index >= 15 is 0 Å². The summed E-state index contributed by atoms with van der Waals surface area (Å²) < 4.78 is 27.3. The molecule has 0 amide bonds. The molecule has 0 aliphatic carbocycles. The van der Waals surface area contributed by atoms with Gasteiger partial charge >= 0.3 is 0 Å². The first-order valence-electron chi connectivity index (χ1n) is 6.00. The van der Waals surface area contributed by atoms with E-state index in [-0.39, 0.29) is 18.3 Å². The third-order valence-electron chi connectivity index (χ3n) is 1.98. The molecule has 0 aliphatic heterocycles. The zero-order chi connectivity index (χ0) is 14.2. The van der Waals surface area contributed by atoms with Gasteiger partial charge in [-0.25, -0.2) is 0 Å². The van der Waals surface area contributed by atoms with Crippen LogP contribution in [0.3, 0.4) is 0 Å². The third kappa shape index (κ3) is 10.9. The molecule has 1 unspecified atom stereocenters. The molecule has 0 fully saturated rings. The molecule has 0 radical (unpaired) electrons. The standard InChI is InChI=1S/C12H25O5P/c1-10(2)16-9-12(6-7-18(5,13)14)17-11(3)8-15-4/h6-7,10-12H,8-9H2,1-5H3,(H,13,14)/b7-6+/t11-,12+/m0/s1.